The average Bonchev–Trinajstić information content (AvgIpc) is 3.42. The third-order valence-electron chi connectivity index (χ3n) is 6.53. The molecular weight excluding hydrogens is 601 g/mol. The van der Waals surface area contributed by atoms with E-state index >= 15 is 0 Å². The first-order valence-corrected chi connectivity index (χ1v) is 13.5. The second kappa shape index (κ2) is 15.9. The van der Waals surface area contributed by atoms with Crippen molar-refractivity contribution in [3.8, 4) is 0 Å². The summed E-state index contributed by atoms with van der Waals surface area (Å²) < 4.78 is 15.2. The van der Waals surface area contributed by atoms with Gasteiger partial charge < -0.3 is 60.6 Å². The van der Waals surface area contributed by atoms with Gasteiger partial charge in [-0.05, 0) is 42.6 Å². The Balaban J connectivity index is 0.000000185. The van der Waals surface area contributed by atoms with Crippen LogP contribution in [0, 0.1) is 0 Å². The van der Waals surface area contributed by atoms with Gasteiger partial charge in [-0.15, -0.1) is 0 Å². The van der Waals surface area contributed by atoms with E-state index in [0.717, 1.165) is 48.1 Å². The lowest BCUT2D eigenvalue weighted by Gasteiger charge is -1.98. The molecule has 3 aromatic heterocycles. The van der Waals surface area contributed by atoms with E-state index in [2.05, 4.69) is 31.4 Å². The van der Waals surface area contributed by atoms with Crippen molar-refractivity contribution in [2.75, 3.05) is 23.0 Å². The van der Waals surface area contributed by atoms with Crippen LogP contribution in [0.25, 0.3) is 32.9 Å². The van der Waals surface area contributed by atoms with Crippen LogP contribution in [0.1, 0.15) is 19.8 Å². The van der Waals surface area contributed by atoms with Crippen LogP contribution >= 0.6 is 0 Å². The number of benzene rings is 3. The molecule has 0 aliphatic heterocycles. The fourth-order valence-electron chi connectivity index (χ4n) is 4.15. The molecule has 1 saturated carbocycles. The molecule has 1 aliphatic rings. The molecule has 0 bridgehead atoms. The highest BCUT2D eigenvalue weighted by molar-refractivity contribution is 6.58. The first-order chi connectivity index (χ1) is 21.3. The Labute approximate surface area is 263 Å². The summed E-state index contributed by atoms with van der Waals surface area (Å²) in [7, 11) is 2.34. The Morgan fingerprint density at radius 3 is 1.85 bits per heavy atom. The van der Waals surface area contributed by atoms with Gasteiger partial charge in [0.15, 0.2) is 34.2 Å². The van der Waals surface area contributed by atoms with Crippen molar-refractivity contribution in [3.63, 3.8) is 0 Å². The van der Waals surface area contributed by atoms with Gasteiger partial charge in [0.1, 0.15) is 0 Å². The molecule has 11 N–H and O–H groups in total. The van der Waals surface area contributed by atoms with Gasteiger partial charge in [0.25, 0.3) is 0 Å². The first-order valence-electron chi connectivity index (χ1n) is 13.5. The summed E-state index contributed by atoms with van der Waals surface area (Å²) in [4.78, 5) is 10.9. The lowest BCUT2D eigenvalue weighted by atomic mass is 9.80. The predicted octanol–water partition coefficient (Wildman–Crippen LogP) is -1.44. The van der Waals surface area contributed by atoms with Crippen LogP contribution in [0.3, 0.4) is 0 Å². The number of rotatable bonds is 7. The maximum Gasteiger partial charge on any atom is 0.488 e. The van der Waals surface area contributed by atoms with Crippen molar-refractivity contribution < 1.29 is 49.4 Å². The van der Waals surface area contributed by atoms with Gasteiger partial charge in [-0.1, -0.05) is 56.7 Å². The topological polar surface area (TPSA) is 275 Å². The lowest BCUT2D eigenvalue weighted by Crippen LogP contribution is -2.29. The van der Waals surface area contributed by atoms with E-state index in [4.69, 9.17) is 33.7 Å². The minimum absolute atomic E-state index is 0. The van der Waals surface area contributed by atoms with Gasteiger partial charge in [-0.3, -0.25) is 4.79 Å². The fourth-order valence-corrected chi connectivity index (χ4v) is 4.15. The van der Waals surface area contributed by atoms with Crippen LogP contribution in [0.2, 0.25) is 0 Å². The molecule has 0 atom stereocenters. The Morgan fingerprint density at radius 1 is 0.783 bits per heavy atom. The van der Waals surface area contributed by atoms with E-state index in [1.165, 1.54) is 31.9 Å². The molecule has 0 spiro atoms. The third kappa shape index (κ3) is 8.42. The second-order valence-electron chi connectivity index (χ2n) is 9.84. The number of amides is 1. The Morgan fingerprint density at radius 2 is 1.33 bits per heavy atom. The van der Waals surface area contributed by atoms with Crippen LogP contribution in [0.5, 0.6) is 0 Å². The van der Waals surface area contributed by atoms with E-state index < -0.39 is 7.12 Å². The molecule has 0 unspecified atom stereocenters. The predicted molar refractivity (Wildman–Crippen MR) is 175 cm³/mol. The van der Waals surface area contributed by atoms with Crippen LogP contribution in [0.4, 0.5) is 17.5 Å². The Hall–Kier alpha value is -4.91. The quantitative estimate of drug-likeness (QED) is 0.0995. The molecule has 7 rings (SSSR count). The number of carbonyl (C=O) groups excluding carboxylic acids is 1. The van der Waals surface area contributed by atoms with Crippen molar-refractivity contribution in [2.24, 2.45) is 0 Å². The molecule has 16 nitrogen and oxygen atoms in total. The number of aromatic nitrogens is 3. The van der Waals surface area contributed by atoms with Crippen LogP contribution < -0.4 is 32.3 Å². The number of carbonyl (C=O) groups is 1. The maximum atomic E-state index is 10.9. The molecule has 0 saturated heterocycles. The molecule has 1 aliphatic carbocycles. The number of nitrogens with zero attached hydrogens (tertiary/aromatic N) is 3. The van der Waals surface area contributed by atoms with Crippen LogP contribution in [0.15, 0.2) is 68.2 Å². The number of nitrogens with one attached hydrogen (secondary N) is 3. The highest BCUT2D eigenvalue weighted by atomic mass is 16.5. The SMILES string of the molecule is CC(=O)Nc1noc2cc(B(O)O)ccc12.CNc1noc2ccc([B]O)cc12.O.O.O[B]c1ccc2onc(NC3CC3)c2c1. The van der Waals surface area contributed by atoms with E-state index in [1.54, 1.807) is 37.4 Å². The monoisotopic (exact) mass is 632 g/mol. The largest absolute Gasteiger partial charge is 0.488 e. The molecule has 2 radical (unpaired) electrons. The molecule has 1 fully saturated rings. The molecule has 238 valence electrons. The molecule has 19 heteroatoms. The number of anilines is 3. The van der Waals surface area contributed by atoms with Crippen molar-refractivity contribution in [3.05, 3.63) is 54.6 Å². The Kier molecular flexibility index (Phi) is 12.3. The van der Waals surface area contributed by atoms with E-state index in [9.17, 15) is 4.79 Å². The maximum absolute atomic E-state index is 10.9. The summed E-state index contributed by atoms with van der Waals surface area (Å²) in [5, 5.41) is 58.2. The summed E-state index contributed by atoms with van der Waals surface area (Å²) in [6, 6.07) is 15.9. The molecular formula is C27H31B3N6O10. The standard InChI is InChI=1S/C10H10BN2O2.C9H9BN2O4.C8H8BN2O2.2H2O/c14-11-6-1-4-9-8(5-6)10(13-15-9)12-7-2-3-7;1-5(13)11-9-7-3-2-6(10(14)15)4-8(7)16-12-9;1-10-8-6-4-5(9-12)2-3-7(6)13-11-8;;/h1,4-5,7,14H,2-3H2,(H,12,13);2-4,14-15H,1H3,(H,11,12,13);2-4,12H,1H3,(H,10,11);2*1H2. The second-order valence-corrected chi connectivity index (χ2v) is 9.84. The normalized spacial score (nSPS) is 11.6. The zero-order valence-electron chi connectivity index (χ0n) is 24.7. The summed E-state index contributed by atoms with van der Waals surface area (Å²) >= 11 is 0. The third-order valence-corrected chi connectivity index (χ3v) is 6.53. The Bertz CT molecular complexity index is 1890. The molecule has 6 aromatic rings. The fraction of sp³-hybridized carbons (Fsp3) is 0.185. The summed E-state index contributed by atoms with van der Waals surface area (Å²) in [5.74, 6) is 1.53. The minimum atomic E-state index is -1.56. The zero-order valence-corrected chi connectivity index (χ0v) is 24.7. The number of hydrogen-bond acceptors (Lipinski definition) is 13. The number of hydrogen-bond donors (Lipinski definition) is 7. The van der Waals surface area contributed by atoms with Gasteiger partial charge in [-0.25, -0.2) is 0 Å². The smallest absolute Gasteiger partial charge is 0.450 e. The minimum Gasteiger partial charge on any atom is -0.450 e. The van der Waals surface area contributed by atoms with Gasteiger partial charge >= 0.3 is 22.1 Å². The van der Waals surface area contributed by atoms with Crippen molar-refractivity contribution >= 4 is 94.7 Å². The molecule has 3 aromatic carbocycles. The summed E-state index contributed by atoms with van der Waals surface area (Å²) in [6.07, 6.45) is 2.39. The summed E-state index contributed by atoms with van der Waals surface area (Å²) in [6.45, 7) is 1.37. The van der Waals surface area contributed by atoms with Gasteiger partial charge in [-0.2, -0.15) is 0 Å². The van der Waals surface area contributed by atoms with E-state index in [1.807, 2.05) is 12.1 Å². The van der Waals surface area contributed by atoms with Crippen molar-refractivity contribution in [2.45, 2.75) is 25.8 Å². The molecule has 3 heterocycles. The highest BCUT2D eigenvalue weighted by Gasteiger charge is 2.23. The summed E-state index contributed by atoms with van der Waals surface area (Å²) in [5.41, 5.74) is 3.61. The van der Waals surface area contributed by atoms with Crippen molar-refractivity contribution in [1.82, 2.24) is 15.5 Å². The van der Waals surface area contributed by atoms with E-state index in [-0.39, 0.29) is 16.9 Å². The van der Waals surface area contributed by atoms with E-state index in [0.29, 0.717) is 39.7 Å². The van der Waals surface area contributed by atoms with Gasteiger partial charge in [0.05, 0.1) is 16.2 Å². The zero-order chi connectivity index (χ0) is 31.2. The van der Waals surface area contributed by atoms with Crippen LogP contribution in [-0.4, -0.2) is 87.6 Å². The molecule has 46 heavy (non-hydrogen) atoms. The lowest BCUT2D eigenvalue weighted by molar-refractivity contribution is -0.114. The van der Waals surface area contributed by atoms with Crippen molar-refractivity contribution in [1.29, 1.82) is 0 Å². The molecule has 1 amide bonds. The first kappa shape index (κ1) is 35.6. The average molecular weight is 632 g/mol. The van der Waals surface area contributed by atoms with Gasteiger partial charge in [0.2, 0.25) is 5.91 Å². The number of fused-ring (bicyclic) bond motifs is 3. The van der Waals surface area contributed by atoms with Crippen LogP contribution in [-0.2, 0) is 4.79 Å². The highest BCUT2D eigenvalue weighted by Crippen LogP contribution is 2.28. The van der Waals surface area contributed by atoms with Gasteiger partial charge in [0, 0.05) is 20.0 Å².